The third-order valence-electron chi connectivity index (χ3n) is 4.21. The van der Waals surface area contributed by atoms with Gasteiger partial charge < -0.3 is 5.32 Å². The van der Waals surface area contributed by atoms with E-state index in [1.165, 1.54) is 4.31 Å². The maximum Gasteiger partial charge on any atom is 0.251 e. The molecule has 25 heavy (non-hydrogen) atoms. The van der Waals surface area contributed by atoms with Crippen molar-refractivity contribution in [1.29, 1.82) is 0 Å². The number of anilines is 1. The molecule has 3 rings (SSSR count). The van der Waals surface area contributed by atoms with Crippen molar-refractivity contribution in [1.82, 2.24) is 5.32 Å². The molecule has 0 aromatic heterocycles. The molecule has 0 spiro atoms. The Balaban J connectivity index is 1.76. The number of nitrogens with one attached hydrogen (secondary N) is 1. The zero-order valence-corrected chi connectivity index (χ0v) is 15.3. The molecule has 5 nitrogen and oxygen atoms in total. The van der Waals surface area contributed by atoms with Crippen LogP contribution in [0, 0.1) is 0 Å². The van der Waals surface area contributed by atoms with Gasteiger partial charge in [-0.2, -0.15) is 0 Å². The van der Waals surface area contributed by atoms with Crippen molar-refractivity contribution in [2.24, 2.45) is 0 Å². The van der Waals surface area contributed by atoms with Crippen LogP contribution in [0.5, 0.6) is 0 Å². The molecule has 1 saturated heterocycles. The maximum absolute atomic E-state index is 12.5. The topological polar surface area (TPSA) is 66.5 Å². The monoisotopic (exact) mass is 378 g/mol. The third-order valence-corrected chi connectivity index (χ3v) is 6.33. The first-order valence-corrected chi connectivity index (χ1v) is 10.0. The highest BCUT2D eigenvalue weighted by molar-refractivity contribution is 7.93. The molecule has 2 aromatic rings. The number of carbonyl (C=O) groups excluding carboxylic acids is 1. The molecule has 1 N–H and O–H groups in total. The second-order valence-corrected chi connectivity index (χ2v) is 8.49. The van der Waals surface area contributed by atoms with Crippen molar-refractivity contribution in [2.45, 2.75) is 19.4 Å². The number of carbonyl (C=O) groups is 1. The van der Waals surface area contributed by atoms with Crippen molar-refractivity contribution in [3.63, 3.8) is 0 Å². The van der Waals surface area contributed by atoms with E-state index in [-0.39, 0.29) is 17.7 Å². The highest BCUT2D eigenvalue weighted by Gasteiger charge is 2.28. The first-order chi connectivity index (χ1) is 11.9. The van der Waals surface area contributed by atoms with Crippen LogP contribution in [0.4, 0.5) is 5.69 Å². The van der Waals surface area contributed by atoms with Gasteiger partial charge in [0.2, 0.25) is 10.0 Å². The normalized spacial score (nSPS) is 17.3. The van der Waals surface area contributed by atoms with Crippen LogP contribution < -0.4 is 9.62 Å². The Labute approximate surface area is 152 Å². The van der Waals surface area contributed by atoms with Crippen molar-refractivity contribution in [2.75, 3.05) is 16.6 Å². The summed E-state index contributed by atoms with van der Waals surface area (Å²) in [7, 11) is -3.26. The quantitative estimate of drug-likeness (QED) is 0.886. The number of hydrogen-bond donors (Lipinski definition) is 1. The van der Waals surface area contributed by atoms with Crippen molar-refractivity contribution in [3.8, 4) is 0 Å². The molecule has 1 unspecified atom stereocenters. The van der Waals surface area contributed by atoms with Crippen LogP contribution in [0.3, 0.4) is 0 Å². The first kappa shape index (κ1) is 17.8. The van der Waals surface area contributed by atoms with Gasteiger partial charge in [0.05, 0.1) is 17.5 Å². The standard InChI is InChI=1S/C18H19ClN2O3S/c1-13(14-6-8-16(19)9-7-14)20-18(22)15-4-2-5-17(12-15)21-10-3-11-25(21,23)24/h2,4-9,12-13H,3,10-11H2,1H3,(H,20,22). The van der Waals surface area contributed by atoms with Crippen molar-refractivity contribution >= 4 is 33.2 Å². The van der Waals surface area contributed by atoms with Crippen LogP contribution in [0.1, 0.15) is 35.3 Å². The van der Waals surface area contributed by atoms with E-state index >= 15 is 0 Å². The summed E-state index contributed by atoms with van der Waals surface area (Å²) in [4.78, 5) is 12.5. The molecule has 0 aliphatic carbocycles. The number of sulfonamides is 1. The highest BCUT2D eigenvalue weighted by atomic mass is 35.5. The molecule has 0 radical (unpaired) electrons. The number of nitrogens with zero attached hydrogens (tertiary/aromatic N) is 1. The van der Waals surface area contributed by atoms with Crippen LogP contribution in [0.15, 0.2) is 48.5 Å². The summed E-state index contributed by atoms with van der Waals surface area (Å²) in [6.07, 6.45) is 0.604. The van der Waals surface area contributed by atoms with Crippen LogP contribution in [-0.4, -0.2) is 26.6 Å². The van der Waals surface area contributed by atoms with E-state index in [1.54, 1.807) is 36.4 Å². The van der Waals surface area contributed by atoms with Gasteiger partial charge in [-0.15, -0.1) is 0 Å². The van der Waals surface area contributed by atoms with Crippen LogP contribution in [0.25, 0.3) is 0 Å². The molecular weight excluding hydrogens is 360 g/mol. The van der Waals surface area contributed by atoms with Crippen LogP contribution in [0.2, 0.25) is 5.02 Å². The Morgan fingerprint density at radius 2 is 1.92 bits per heavy atom. The predicted octanol–water partition coefficient (Wildman–Crippen LogP) is 3.37. The van der Waals surface area contributed by atoms with E-state index in [0.717, 1.165) is 5.56 Å². The van der Waals surface area contributed by atoms with Gasteiger partial charge in [0.25, 0.3) is 5.91 Å². The van der Waals surface area contributed by atoms with Gasteiger partial charge >= 0.3 is 0 Å². The summed E-state index contributed by atoms with van der Waals surface area (Å²) in [5, 5.41) is 3.56. The van der Waals surface area contributed by atoms with Gasteiger partial charge in [0, 0.05) is 17.1 Å². The number of rotatable bonds is 4. The number of halogens is 1. The maximum atomic E-state index is 12.5. The molecule has 0 saturated carbocycles. The SMILES string of the molecule is CC(NC(=O)c1cccc(N2CCCS2(=O)=O)c1)c1ccc(Cl)cc1. The van der Waals surface area contributed by atoms with Crippen molar-refractivity contribution in [3.05, 3.63) is 64.7 Å². The summed E-state index contributed by atoms with van der Waals surface area (Å²) in [6, 6.07) is 13.8. The lowest BCUT2D eigenvalue weighted by Crippen LogP contribution is -2.28. The molecule has 1 amide bonds. The third kappa shape index (κ3) is 3.96. The molecule has 1 aliphatic rings. The number of benzene rings is 2. The molecule has 7 heteroatoms. The van der Waals surface area contributed by atoms with Crippen molar-refractivity contribution < 1.29 is 13.2 Å². The first-order valence-electron chi connectivity index (χ1n) is 8.03. The summed E-state index contributed by atoms with van der Waals surface area (Å²) < 4.78 is 25.5. The molecule has 2 aromatic carbocycles. The molecular formula is C18H19ClN2O3S. The minimum atomic E-state index is -3.26. The minimum absolute atomic E-state index is 0.150. The minimum Gasteiger partial charge on any atom is -0.346 e. The average molecular weight is 379 g/mol. The Hall–Kier alpha value is -2.05. The molecule has 0 bridgehead atoms. The number of hydrogen-bond acceptors (Lipinski definition) is 3. The Morgan fingerprint density at radius 1 is 1.20 bits per heavy atom. The summed E-state index contributed by atoms with van der Waals surface area (Å²) >= 11 is 5.88. The lowest BCUT2D eigenvalue weighted by Gasteiger charge is -2.18. The Morgan fingerprint density at radius 3 is 2.56 bits per heavy atom. The second-order valence-electron chi connectivity index (χ2n) is 6.04. The predicted molar refractivity (Wildman–Crippen MR) is 99.5 cm³/mol. The number of amides is 1. The molecule has 132 valence electrons. The summed E-state index contributed by atoms with van der Waals surface area (Å²) in [6.45, 7) is 2.34. The van der Waals surface area contributed by atoms with E-state index in [4.69, 9.17) is 11.6 Å². The van der Waals surface area contributed by atoms with Gasteiger partial charge in [-0.05, 0) is 49.2 Å². The van der Waals surface area contributed by atoms with Gasteiger partial charge in [-0.25, -0.2) is 8.42 Å². The fourth-order valence-electron chi connectivity index (χ4n) is 2.85. The largest absolute Gasteiger partial charge is 0.346 e. The fraction of sp³-hybridized carbons (Fsp3) is 0.278. The van der Waals surface area contributed by atoms with E-state index in [1.807, 2.05) is 19.1 Å². The highest BCUT2D eigenvalue weighted by Crippen LogP contribution is 2.25. The van der Waals surface area contributed by atoms with E-state index in [0.29, 0.717) is 29.2 Å². The lowest BCUT2D eigenvalue weighted by molar-refractivity contribution is 0.0940. The van der Waals surface area contributed by atoms with Gasteiger partial charge in [0.1, 0.15) is 0 Å². The van der Waals surface area contributed by atoms with Gasteiger partial charge in [-0.1, -0.05) is 29.8 Å². The zero-order chi connectivity index (χ0) is 18.0. The Kier molecular flexibility index (Phi) is 5.01. The molecule has 1 atom stereocenters. The van der Waals surface area contributed by atoms with E-state index < -0.39 is 10.0 Å². The average Bonchev–Trinajstić information content (AvgIpc) is 2.94. The lowest BCUT2D eigenvalue weighted by atomic mass is 10.1. The second kappa shape index (κ2) is 7.06. The molecule has 1 aliphatic heterocycles. The fourth-order valence-corrected chi connectivity index (χ4v) is 4.53. The molecule has 1 heterocycles. The zero-order valence-electron chi connectivity index (χ0n) is 13.8. The van der Waals surface area contributed by atoms with Gasteiger partial charge in [-0.3, -0.25) is 9.10 Å². The smallest absolute Gasteiger partial charge is 0.251 e. The summed E-state index contributed by atoms with van der Waals surface area (Å²) in [5.74, 6) is -0.0993. The van der Waals surface area contributed by atoms with E-state index in [2.05, 4.69) is 5.32 Å². The van der Waals surface area contributed by atoms with Crippen LogP contribution >= 0.6 is 11.6 Å². The van der Waals surface area contributed by atoms with Gasteiger partial charge in [0.15, 0.2) is 0 Å². The van der Waals surface area contributed by atoms with E-state index in [9.17, 15) is 13.2 Å². The van der Waals surface area contributed by atoms with Crippen LogP contribution in [-0.2, 0) is 10.0 Å². The molecule has 1 fully saturated rings. The Bertz CT molecular complexity index is 881. The summed E-state index contributed by atoms with van der Waals surface area (Å²) in [5.41, 5.74) is 1.90.